The van der Waals surface area contributed by atoms with Crippen LogP contribution in [0, 0.1) is 21.9 Å². The number of fused-ring (bicyclic) bond motifs is 1. The first-order chi connectivity index (χ1) is 13.9. The number of allylic oxidation sites excluding steroid dienone is 2. The van der Waals surface area contributed by atoms with Gasteiger partial charge in [0.05, 0.1) is 21.6 Å². The summed E-state index contributed by atoms with van der Waals surface area (Å²) in [5.41, 5.74) is 0.369. The minimum atomic E-state index is -1.17. The van der Waals surface area contributed by atoms with Crippen LogP contribution >= 0.6 is 0 Å². The maximum atomic E-state index is 11.8. The number of hydrogen-bond donors (Lipinski definition) is 1. The third-order valence-corrected chi connectivity index (χ3v) is 4.29. The van der Waals surface area contributed by atoms with E-state index in [0.717, 1.165) is 0 Å². The van der Waals surface area contributed by atoms with Crippen molar-refractivity contribution in [2.24, 2.45) is 5.18 Å². The number of rotatable bonds is 6. The molecule has 0 fully saturated rings. The molecule has 0 spiro atoms. The Labute approximate surface area is 164 Å². The van der Waals surface area contributed by atoms with Gasteiger partial charge >= 0.3 is 11.7 Å². The first-order valence-electron chi connectivity index (χ1n) is 8.46. The molecule has 0 unspecified atom stereocenters. The number of nitroso groups, excluding NO2 is 1. The van der Waals surface area contributed by atoms with Crippen molar-refractivity contribution in [2.75, 3.05) is 0 Å². The van der Waals surface area contributed by atoms with Gasteiger partial charge in [-0.05, 0) is 54.9 Å². The van der Waals surface area contributed by atoms with Crippen LogP contribution in [0.4, 0.5) is 0 Å². The molecule has 0 saturated heterocycles. The molecule has 3 rings (SSSR count). The van der Waals surface area contributed by atoms with Gasteiger partial charge < -0.3 is 9.52 Å². The number of carboxylic acids is 1. The summed E-state index contributed by atoms with van der Waals surface area (Å²) in [5, 5.41) is 23.9. The summed E-state index contributed by atoms with van der Waals surface area (Å²) in [4.78, 5) is 38.2. The number of hydrogen-bond acceptors (Lipinski definition) is 7. The van der Waals surface area contributed by atoms with Crippen molar-refractivity contribution >= 4 is 28.3 Å². The standard InChI is InChI=1S/C20H15N3O6/c1-3-13(19-21-15-6-4-5-7-16(15)29-19)17(22-26)18(23(27)28)14-9-8-12(20(24)25)10-11(14)2/h3-10H,1-2H3,(H,24,25)/b13-3+,18-17-. The molecular formula is C20H15N3O6. The number of nitro groups is 1. The Kier molecular flexibility index (Phi) is 5.31. The highest BCUT2D eigenvalue weighted by Crippen LogP contribution is 2.34. The van der Waals surface area contributed by atoms with Gasteiger partial charge in [-0.25, -0.2) is 9.78 Å². The van der Waals surface area contributed by atoms with Gasteiger partial charge in [0.15, 0.2) is 11.3 Å². The van der Waals surface area contributed by atoms with E-state index >= 15 is 0 Å². The molecule has 1 heterocycles. The molecule has 0 aliphatic rings. The number of aryl methyl sites for hydroxylation is 1. The van der Waals surface area contributed by atoms with Gasteiger partial charge in [0.1, 0.15) is 5.52 Å². The molecule has 0 aliphatic carbocycles. The third-order valence-electron chi connectivity index (χ3n) is 4.29. The van der Waals surface area contributed by atoms with E-state index in [9.17, 15) is 19.8 Å². The number of nitrogens with zero attached hydrogens (tertiary/aromatic N) is 3. The fraction of sp³-hybridized carbons (Fsp3) is 0.100. The van der Waals surface area contributed by atoms with E-state index in [1.165, 1.54) is 31.2 Å². The molecule has 29 heavy (non-hydrogen) atoms. The Balaban J connectivity index is 2.24. The molecule has 0 atom stereocenters. The fourth-order valence-electron chi connectivity index (χ4n) is 2.94. The van der Waals surface area contributed by atoms with Crippen molar-refractivity contribution in [3.8, 4) is 0 Å². The average Bonchev–Trinajstić information content (AvgIpc) is 3.12. The van der Waals surface area contributed by atoms with Crippen LogP contribution in [-0.4, -0.2) is 21.0 Å². The van der Waals surface area contributed by atoms with Crippen molar-refractivity contribution in [3.05, 3.63) is 91.8 Å². The predicted molar refractivity (Wildman–Crippen MR) is 106 cm³/mol. The van der Waals surface area contributed by atoms with Crippen molar-refractivity contribution in [2.45, 2.75) is 13.8 Å². The summed E-state index contributed by atoms with van der Waals surface area (Å²) in [5.74, 6) is -1.15. The van der Waals surface area contributed by atoms with Gasteiger partial charge in [0.2, 0.25) is 5.89 Å². The number of carboxylic acid groups (broad SMARTS) is 1. The van der Waals surface area contributed by atoms with Crippen LogP contribution < -0.4 is 0 Å². The lowest BCUT2D eigenvalue weighted by Gasteiger charge is -2.08. The summed E-state index contributed by atoms with van der Waals surface area (Å²) in [6, 6.07) is 10.7. The van der Waals surface area contributed by atoms with Crippen molar-refractivity contribution < 1.29 is 19.2 Å². The van der Waals surface area contributed by atoms with Gasteiger partial charge in [-0.2, -0.15) is 0 Å². The zero-order chi connectivity index (χ0) is 21.1. The van der Waals surface area contributed by atoms with Crippen molar-refractivity contribution in [1.29, 1.82) is 0 Å². The number of benzene rings is 2. The molecule has 9 nitrogen and oxygen atoms in total. The highest BCUT2D eigenvalue weighted by molar-refractivity contribution is 5.90. The minimum Gasteiger partial charge on any atom is -0.478 e. The predicted octanol–water partition coefficient (Wildman–Crippen LogP) is 4.65. The molecule has 0 amide bonds. The zero-order valence-electron chi connectivity index (χ0n) is 15.4. The number of carbonyl (C=O) groups is 1. The van der Waals surface area contributed by atoms with E-state index in [1.54, 1.807) is 31.2 Å². The van der Waals surface area contributed by atoms with Gasteiger partial charge in [-0.1, -0.05) is 18.2 Å². The smallest absolute Gasteiger partial charge is 0.335 e. The number of para-hydroxylation sites is 2. The Morgan fingerprint density at radius 3 is 2.55 bits per heavy atom. The van der Waals surface area contributed by atoms with Gasteiger partial charge in [0, 0.05) is 0 Å². The number of aromatic nitrogens is 1. The normalized spacial score (nSPS) is 12.6. The Morgan fingerprint density at radius 2 is 2.00 bits per heavy atom. The molecule has 2 aromatic carbocycles. The van der Waals surface area contributed by atoms with Crippen molar-refractivity contribution in [1.82, 2.24) is 4.98 Å². The van der Waals surface area contributed by atoms with E-state index in [2.05, 4.69) is 10.2 Å². The highest BCUT2D eigenvalue weighted by atomic mass is 16.6. The Morgan fingerprint density at radius 1 is 1.28 bits per heavy atom. The van der Waals surface area contributed by atoms with Crippen LogP contribution in [0.25, 0.3) is 22.4 Å². The Bertz CT molecular complexity index is 1170. The van der Waals surface area contributed by atoms with E-state index < -0.39 is 22.3 Å². The zero-order valence-corrected chi connectivity index (χ0v) is 15.4. The monoisotopic (exact) mass is 393 g/mol. The van der Waals surface area contributed by atoms with Crippen LogP contribution in [0.15, 0.2) is 63.8 Å². The Hall–Kier alpha value is -4.14. The second-order valence-corrected chi connectivity index (χ2v) is 6.07. The van der Waals surface area contributed by atoms with E-state index in [0.29, 0.717) is 16.7 Å². The largest absolute Gasteiger partial charge is 0.478 e. The summed E-state index contributed by atoms with van der Waals surface area (Å²) < 4.78 is 5.64. The molecular weight excluding hydrogens is 378 g/mol. The maximum absolute atomic E-state index is 11.8. The highest BCUT2D eigenvalue weighted by Gasteiger charge is 2.29. The van der Waals surface area contributed by atoms with Crippen LogP contribution in [-0.2, 0) is 0 Å². The second-order valence-electron chi connectivity index (χ2n) is 6.07. The van der Waals surface area contributed by atoms with Gasteiger partial charge in [-0.3, -0.25) is 10.1 Å². The second kappa shape index (κ2) is 7.85. The lowest BCUT2D eigenvalue weighted by atomic mass is 9.99. The molecule has 1 N–H and O–H groups in total. The molecule has 0 aliphatic heterocycles. The van der Waals surface area contributed by atoms with Crippen LogP contribution in [0.1, 0.15) is 34.3 Å². The molecule has 3 aromatic rings. The average molecular weight is 393 g/mol. The lowest BCUT2D eigenvalue weighted by Crippen LogP contribution is -2.06. The quantitative estimate of drug-likeness (QED) is 0.278. The summed E-state index contributed by atoms with van der Waals surface area (Å²) in [6.07, 6.45) is 1.45. The molecule has 0 bridgehead atoms. The van der Waals surface area contributed by atoms with Crippen LogP contribution in [0.3, 0.4) is 0 Å². The maximum Gasteiger partial charge on any atom is 0.335 e. The van der Waals surface area contributed by atoms with Gasteiger partial charge in [0.25, 0.3) is 0 Å². The SMILES string of the molecule is C/C=C(\C(N=O)=C(/c1ccc(C(=O)O)cc1C)[N+](=O)[O-])c1nc2ccccc2o1. The summed E-state index contributed by atoms with van der Waals surface area (Å²) in [6.45, 7) is 3.09. The van der Waals surface area contributed by atoms with E-state index in [4.69, 9.17) is 9.52 Å². The summed E-state index contributed by atoms with van der Waals surface area (Å²) >= 11 is 0. The van der Waals surface area contributed by atoms with Crippen LogP contribution in [0.2, 0.25) is 0 Å². The van der Waals surface area contributed by atoms with Crippen molar-refractivity contribution in [3.63, 3.8) is 0 Å². The third kappa shape index (κ3) is 3.65. The first kappa shape index (κ1) is 19.6. The molecule has 0 saturated carbocycles. The molecule has 9 heteroatoms. The molecule has 0 radical (unpaired) electrons. The van der Waals surface area contributed by atoms with Crippen LogP contribution in [0.5, 0.6) is 0 Å². The fourth-order valence-corrected chi connectivity index (χ4v) is 2.94. The first-order valence-corrected chi connectivity index (χ1v) is 8.46. The number of oxazole rings is 1. The molecule has 1 aromatic heterocycles. The minimum absolute atomic E-state index is 0.0162. The van der Waals surface area contributed by atoms with E-state index in [-0.39, 0.29) is 22.6 Å². The van der Waals surface area contributed by atoms with Gasteiger partial charge in [-0.15, -0.1) is 4.91 Å². The topological polar surface area (TPSA) is 136 Å². The summed E-state index contributed by atoms with van der Waals surface area (Å²) in [7, 11) is 0. The number of aromatic carboxylic acids is 1. The van der Waals surface area contributed by atoms with E-state index in [1.807, 2.05) is 0 Å². The lowest BCUT2D eigenvalue weighted by molar-refractivity contribution is -0.376. The molecule has 146 valence electrons.